The summed E-state index contributed by atoms with van der Waals surface area (Å²) in [6.45, 7) is 2.66. The molecule has 0 fully saturated rings. The fraction of sp³-hybridized carbons (Fsp3) is 0.364. The molecule has 2 aromatic rings. The number of rotatable bonds is 8. The Morgan fingerprint density at radius 3 is 2.72 bits per heavy atom. The maximum Gasteiger partial charge on any atom is 0.340 e. The van der Waals surface area contributed by atoms with Crippen LogP contribution in [0.15, 0.2) is 48.3 Å². The van der Waals surface area contributed by atoms with Crippen molar-refractivity contribution >= 4 is 23.4 Å². The van der Waals surface area contributed by atoms with Gasteiger partial charge < -0.3 is 15.4 Å². The van der Waals surface area contributed by atoms with E-state index in [0.29, 0.717) is 30.2 Å². The number of amides is 1. The zero-order valence-electron chi connectivity index (χ0n) is 16.6. The van der Waals surface area contributed by atoms with Crippen molar-refractivity contribution in [3.05, 3.63) is 59.6 Å². The highest BCUT2D eigenvalue weighted by molar-refractivity contribution is 5.96. The smallest absolute Gasteiger partial charge is 0.340 e. The van der Waals surface area contributed by atoms with E-state index in [1.54, 1.807) is 25.1 Å². The van der Waals surface area contributed by atoms with Crippen LogP contribution in [0.25, 0.3) is 0 Å². The van der Waals surface area contributed by atoms with E-state index < -0.39 is 5.97 Å². The summed E-state index contributed by atoms with van der Waals surface area (Å²) in [5.74, 6) is -0.217. The number of allylic oxidation sites excluding steroid dienone is 1. The second kappa shape index (κ2) is 10.4. The molecular formula is C22H26N4O3. The Kier molecular flexibility index (Phi) is 7.33. The van der Waals surface area contributed by atoms with Crippen LogP contribution in [0.3, 0.4) is 0 Å². The third kappa shape index (κ3) is 5.88. The Balaban J connectivity index is 1.57. The summed E-state index contributed by atoms with van der Waals surface area (Å²) in [7, 11) is 0. The lowest BCUT2D eigenvalue weighted by atomic mass is 9.97. The Morgan fingerprint density at radius 2 is 2.00 bits per heavy atom. The van der Waals surface area contributed by atoms with Gasteiger partial charge in [-0.1, -0.05) is 23.8 Å². The molecule has 1 heterocycles. The Bertz CT molecular complexity index is 878. The van der Waals surface area contributed by atoms with Crippen molar-refractivity contribution < 1.29 is 14.3 Å². The molecule has 3 rings (SSSR count). The van der Waals surface area contributed by atoms with Crippen molar-refractivity contribution in [3.8, 4) is 0 Å². The average Bonchev–Trinajstić information content (AvgIpc) is 2.75. The lowest BCUT2D eigenvalue weighted by molar-refractivity contribution is 0.0527. The number of carbonyl (C=O) groups is 2. The van der Waals surface area contributed by atoms with Crippen molar-refractivity contribution in [2.24, 2.45) is 0 Å². The summed E-state index contributed by atoms with van der Waals surface area (Å²) in [6.07, 6.45) is 10.8. The molecule has 7 heteroatoms. The molecular weight excluding hydrogens is 368 g/mol. The van der Waals surface area contributed by atoms with E-state index in [2.05, 4.69) is 26.7 Å². The van der Waals surface area contributed by atoms with Gasteiger partial charge in [-0.15, -0.1) is 0 Å². The van der Waals surface area contributed by atoms with Gasteiger partial charge in [-0.25, -0.2) is 14.8 Å². The molecule has 0 saturated heterocycles. The molecule has 0 unspecified atom stereocenters. The van der Waals surface area contributed by atoms with Gasteiger partial charge in [-0.2, -0.15) is 0 Å². The van der Waals surface area contributed by atoms with Gasteiger partial charge >= 0.3 is 5.97 Å². The molecule has 0 spiro atoms. The topological polar surface area (TPSA) is 93.2 Å². The summed E-state index contributed by atoms with van der Waals surface area (Å²) in [6, 6.07) is 7.01. The summed E-state index contributed by atoms with van der Waals surface area (Å²) in [5.41, 5.74) is 2.66. The predicted octanol–water partition coefficient (Wildman–Crippen LogP) is 4.02. The number of esters is 1. The molecule has 1 aromatic carbocycles. The number of ether oxygens (including phenoxy) is 1. The number of anilines is 2. The minimum absolute atomic E-state index is 0.243. The van der Waals surface area contributed by atoms with Crippen molar-refractivity contribution in [1.29, 1.82) is 0 Å². The maximum atomic E-state index is 12.3. The van der Waals surface area contributed by atoms with Crippen molar-refractivity contribution in [2.45, 2.75) is 39.0 Å². The molecule has 1 amide bonds. The number of carbonyl (C=O) groups excluding carboxylic acids is 2. The fourth-order valence-electron chi connectivity index (χ4n) is 3.19. The molecule has 0 radical (unpaired) electrons. The lowest BCUT2D eigenvalue weighted by Crippen LogP contribution is -2.26. The highest BCUT2D eigenvalue weighted by Gasteiger charge is 2.13. The quantitative estimate of drug-likeness (QED) is 0.519. The predicted molar refractivity (Wildman–Crippen MR) is 111 cm³/mol. The van der Waals surface area contributed by atoms with Crippen molar-refractivity contribution in [2.75, 3.05) is 18.5 Å². The van der Waals surface area contributed by atoms with E-state index in [-0.39, 0.29) is 11.6 Å². The number of hydrogen-bond donors (Lipinski definition) is 2. The molecule has 2 N–H and O–H groups in total. The average molecular weight is 394 g/mol. The van der Waals surface area contributed by atoms with Crippen LogP contribution in [0.5, 0.6) is 0 Å². The van der Waals surface area contributed by atoms with Gasteiger partial charge in [0.05, 0.1) is 30.3 Å². The van der Waals surface area contributed by atoms with Crippen LogP contribution < -0.4 is 10.6 Å². The molecule has 0 aliphatic heterocycles. The first-order valence-electron chi connectivity index (χ1n) is 9.98. The van der Waals surface area contributed by atoms with Gasteiger partial charge in [0.25, 0.3) is 5.91 Å². The zero-order valence-corrected chi connectivity index (χ0v) is 16.6. The molecule has 0 atom stereocenters. The SMILES string of the molecule is CCOC(=O)c1ccccc1Nc1cnc(C(=O)NCCC2=CCCCC2)cn1. The van der Waals surface area contributed by atoms with Crippen LogP contribution in [0.2, 0.25) is 0 Å². The van der Waals surface area contributed by atoms with E-state index in [1.807, 2.05) is 6.07 Å². The van der Waals surface area contributed by atoms with Crippen LogP contribution in [0.1, 0.15) is 59.9 Å². The first-order valence-corrected chi connectivity index (χ1v) is 9.98. The standard InChI is InChI=1S/C22H26N4O3/c1-2-29-22(28)17-10-6-7-11-18(17)26-20-15-24-19(14-25-20)21(27)23-13-12-16-8-4-3-5-9-16/h6-8,10-11,14-15H,2-5,9,12-13H2,1H3,(H,23,27)(H,25,26). The highest BCUT2D eigenvalue weighted by Crippen LogP contribution is 2.21. The second-order valence-corrected chi connectivity index (χ2v) is 6.79. The molecule has 1 aliphatic rings. The molecule has 1 aliphatic carbocycles. The minimum atomic E-state index is -0.410. The molecule has 29 heavy (non-hydrogen) atoms. The van der Waals surface area contributed by atoms with Crippen LogP contribution in [0.4, 0.5) is 11.5 Å². The third-order valence-electron chi connectivity index (χ3n) is 4.69. The zero-order chi connectivity index (χ0) is 20.5. The number of nitrogens with zero attached hydrogens (tertiary/aromatic N) is 2. The van der Waals surface area contributed by atoms with E-state index in [4.69, 9.17) is 4.74 Å². The number of nitrogens with one attached hydrogen (secondary N) is 2. The van der Waals surface area contributed by atoms with Crippen LogP contribution in [-0.4, -0.2) is 35.0 Å². The fourth-order valence-corrected chi connectivity index (χ4v) is 3.19. The third-order valence-corrected chi connectivity index (χ3v) is 4.69. The molecule has 7 nitrogen and oxygen atoms in total. The van der Waals surface area contributed by atoms with Gasteiger partial charge in [0.1, 0.15) is 11.5 Å². The van der Waals surface area contributed by atoms with Crippen molar-refractivity contribution in [3.63, 3.8) is 0 Å². The van der Waals surface area contributed by atoms with E-state index in [9.17, 15) is 9.59 Å². The normalized spacial score (nSPS) is 13.3. The van der Waals surface area contributed by atoms with Gasteiger partial charge in [0, 0.05) is 6.54 Å². The minimum Gasteiger partial charge on any atom is -0.462 e. The summed E-state index contributed by atoms with van der Waals surface area (Å²) >= 11 is 0. The van der Waals surface area contributed by atoms with Gasteiger partial charge in [0.15, 0.2) is 0 Å². The number of aromatic nitrogens is 2. The molecule has 152 valence electrons. The monoisotopic (exact) mass is 394 g/mol. The Hall–Kier alpha value is -3.22. The van der Waals surface area contributed by atoms with E-state index >= 15 is 0 Å². The number of hydrogen-bond acceptors (Lipinski definition) is 6. The molecule has 0 saturated carbocycles. The highest BCUT2D eigenvalue weighted by atomic mass is 16.5. The largest absolute Gasteiger partial charge is 0.462 e. The van der Waals surface area contributed by atoms with Crippen LogP contribution in [0, 0.1) is 0 Å². The first-order chi connectivity index (χ1) is 14.2. The van der Waals surface area contributed by atoms with Gasteiger partial charge in [-0.05, 0) is 51.2 Å². The maximum absolute atomic E-state index is 12.3. The second-order valence-electron chi connectivity index (χ2n) is 6.79. The summed E-state index contributed by atoms with van der Waals surface area (Å²) in [4.78, 5) is 32.7. The van der Waals surface area contributed by atoms with Gasteiger partial charge in [-0.3, -0.25) is 4.79 Å². The Labute approximate surface area is 170 Å². The van der Waals surface area contributed by atoms with Crippen LogP contribution in [-0.2, 0) is 4.74 Å². The molecule has 1 aromatic heterocycles. The van der Waals surface area contributed by atoms with E-state index in [0.717, 1.165) is 19.3 Å². The first kappa shape index (κ1) is 20.5. The lowest BCUT2D eigenvalue weighted by Gasteiger charge is -2.13. The van der Waals surface area contributed by atoms with Gasteiger partial charge in [0.2, 0.25) is 0 Å². The van der Waals surface area contributed by atoms with E-state index in [1.165, 1.54) is 30.8 Å². The van der Waals surface area contributed by atoms with Crippen LogP contribution >= 0.6 is 0 Å². The number of para-hydroxylation sites is 1. The van der Waals surface area contributed by atoms with Crippen molar-refractivity contribution in [1.82, 2.24) is 15.3 Å². The number of benzene rings is 1. The molecule has 0 bridgehead atoms. The Morgan fingerprint density at radius 1 is 1.14 bits per heavy atom. The summed E-state index contributed by atoms with van der Waals surface area (Å²) < 4.78 is 5.07. The summed E-state index contributed by atoms with van der Waals surface area (Å²) in [5, 5.41) is 5.94.